The van der Waals surface area contributed by atoms with Gasteiger partial charge in [-0.1, -0.05) is 24.6 Å². The monoisotopic (exact) mass is 350 g/mol. The molecule has 0 aliphatic rings. The van der Waals surface area contributed by atoms with E-state index in [0.717, 1.165) is 25.3 Å². The minimum absolute atomic E-state index is 0.410. The summed E-state index contributed by atoms with van der Waals surface area (Å²) >= 11 is 0. The minimum atomic E-state index is -4.30. The molecule has 0 atom stereocenters. The number of alkyl halides is 3. The van der Waals surface area contributed by atoms with Crippen molar-refractivity contribution in [2.75, 3.05) is 13.2 Å². The van der Waals surface area contributed by atoms with Crippen LogP contribution in [-0.4, -0.2) is 26.8 Å². The van der Waals surface area contributed by atoms with Crippen LogP contribution in [0, 0.1) is 0 Å². The smallest absolute Gasteiger partial charge is 0.390 e. The van der Waals surface area contributed by atoms with Gasteiger partial charge in [0.15, 0.2) is 0 Å². The van der Waals surface area contributed by atoms with E-state index in [2.05, 4.69) is 0 Å². The fourth-order valence-corrected chi connectivity index (χ4v) is 4.37. The summed E-state index contributed by atoms with van der Waals surface area (Å²) in [5.74, 6) is 0. The Kier molecular flexibility index (Phi) is 8.25. The Morgan fingerprint density at radius 2 is 1.70 bits per heavy atom. The van der Waals surface area contributed by atoms with Crippen LogP contribution in [0.5, 0.6) is 0 Å². The molecule has 0 aliphatic heterocycles. The molecule has 0 radical (unpaired) electrons. The third-order valence-electron chi connectivity index (χ3n) is 3.45. The lowest BCUT2D eigenvalue weighted by Crippen LogP contribution is -2.42. The van der Waals surface area contributed by atoms with E-state index in [4.69, 9.17) is 8.85 Å². The van der Waals surface area contributed by atoms with Gasteiger partial charge in [-0.25, -0.2) is 0 Å². The number of hydrogen-bond donors (Lipinski definition) is 1. The maximum Gasteiger partial charge on any atom is 0.498 e. The topological polar surface area (TPSA) is 38.7 Å². The van der Waals surface area contributed by atoms with Crippen LogP contribution in [0.25, 0.3) is 0 Å². The molecule has 3 nitrogen and oxygen atoms in total. The lowest BCUT2D eigenvalue weighted by Gasteiger charge is -2.22. The molecule has 23 heavy (non-hydrogen) atoms. The van der Waals surface area contributed by atoms with Gasteiger partial charge in [-0.15, -0.1) is 0 Å². The van der Waals surface area contributed by atoms with Gasteiger partial charge in [0.25, 0.3) is 0 Å². The Hall–Kier alpha value is -0.893. The molecule has 1 N–H and O–H groups in total. The molecule has 1 aromatic rings. The number of aryl methyl sites for hydroxylation is 1. The van der Waals surface area contributed by atoms with E-state index in [1.807, 2.05) is 13.8 Å². The van der Waals surface area contributed by atoms with Gasteiger partial charge >= 0.3 is 15.0 Å². The molecular formula is C16H25F3O3Si. The van der Waals surface area contributed by atoms with Crippen molar-refractivity contribution in [1.29, 1.82) is 0 Å². The van der Waals surface area contributed by atoms with Crippen LogP contribution in [0.1, 0.15) is 44.2 Å². The van der Waals surface area contributed by atoms with Gasteiger partial charge in [0.1, 0.15) is 0 Å². The summed E-state index contributed by atoms with van der Waals surface area (Å²) in [4.78, 5) is 10.2. The van der Waals surface area contributed by atoms with Crippen molar-refractivity contribution in [3.05, 3.63) is 35.4 Å². The van der Waals surface area contributed by atoms with Gasteiger partial charge in [-0.05, 0) is 44.7 Å². The molecule has 0 spiro atoms. The van der Waals surface area contributed by atoms with E-state index in [0.29, 0.717) is 31.2 Å². The highest BCUT2D eigenvalue weighted by atomic mass is 28.4. The molecular weight excluding hydrogens is 325 g/mol. The Balaban J connectivity index is 2.37. The average molecular weight is 350 g/mol. The molecule has 132 valence electrons. The molecule has 0 unspecified atom stereocenters. The summed E-state index contributed by atoms with van der Waals surface area (Å²) in [6, 6.07) is 5.91. The lowest BCUT2D eigenvalue weighted by atomic mass is 10.0. The summed E-state index contributed by atoms with van der Waals surface area (Å²) in [6.07, 6.45) is -1.39. The van der Waals surface area contributed by atoms with Gasteiger partial charge < -0.3 is 13.6 Å². The molecule has 0 saturated carbocycles. The highest BCUT2D eigenvalue weighted by Gasteiger charge is 2.35. The molecule has 1 rings (SSSR count). The fraction of sp³-hybridized carbons (Fsp3) is 0.625. The van der Waals surface area contributed by atoms with Crippen LogP contribution < -0.4 is 0 Å². The fourth-order valence-electron chi connectivity index (χ4n) is 2.39. The Morgan fingerprint density at radius 3 is 2.26 bits per heavy atom. The number of halogens is 3. The van der Waals surface area contributed by atoms with Crippen molar-refractivity contribution in [2.45, 2.75) is 51.8 Å². The summed E-state index contributed by atoms with van der Waals surface area (Å²) in [7, 11) is -3.06. The molecule has 0 amide bonds. The largest absolute Gasteiger partial charge is 0.498 e. The van der Waals surface area contributed by atoms with Crippen molar-refractivity contribution >= 4 is 8.80 Å². The first-order valence-corrected chi connectivity index (χ1v) is 9.94. The zero-order valence-corrected chi connectivity index (χ0v) is 14.7. The van der Waals surface area contributed by atoms with Crippen LogP contribution in [0.4, 0.5) is 13.2 Å². The van der Waals surface area contributed by atoms with E-state index in [1.54, 1.807) is 6.07 Å². The molecule has 0 saturated heterocycles. The third-order valence-corrected chi connectivity index (χ3v) is 5.92. The Morgan fingerprint density at radius 1 is 1.04 bits per heavy atom. The molecule has 1 aromatic carbocycles. The zero-order valence-electron chi connectivity index (χ0n) is 13.7. The highest BCUT2D eigenvalue weighted by Crippen LogP contribution is 2.29. The van der Waals surface area contributed by atoms with Crippen molar-refractivity contribution in [2.24, 2.45) is 0 Å². The summed E-state index contributed by atoms with van der Waals surface area (Å²) in [5.41, 5.74) is 0.0754. The Labute approximate surface area is 136 Å². The molecule has 0 aromatic heterocycles. The predicted octanol–water partition coefficient (Wildman–Crippen LogP) is 4.42. The van der Waals surface area contributed by atoms with E-state index in [1.165, 1.54) is 12.1 Å². The van der Waals surface area contributed by atoms with Crippen LogP contribution in [-0.2, 0) is 21.4 Å². The van der Waals surface area contributed by atoms with Crippen LogP contribution in [0.2, 0.25) is 6.04 Å². The van der Waals surface area contributed by atoms with Crippen LogP contribution >= 0.6 is 0 Å². The van der Waals surface area contributed by atoms with E-state index in [-0.39, 0.29) is 0 Å². The van der Waals surface area contributed by atoms with Gasteiger partial charge in [0, 0.05) is 19.3 Å². The second-order valence-electron chi connectivity index (χ2n) is 5.34. The molecule has 7 heteroatoms. The van der Waals surface area contributed by atoms with Gasteiger partial charge in [-0.3, -0.25) is 0 Å². The zero-order chi connectivity index (χ0) is 17.3. The first kappa shape index (κ1) is 20.2. The van der Waals surface area contributed by atoms with E-state index >= 15 is 0 Å². The molecule has 0 heterocycles. The third kappa shape index (κ3) is 7.47. The predicted molar refractivity (Wildman–Crippen MR) is 85.0 cm³/mol. The minimum Gasteiger partial charge on any atom is -0.390 e. The van der Waals surface area contributed by atoms with Crippen molar-refractivity contribution in [3.63, 3.8) is 0 Å². The van der Waals surface area contributed by atoms with Gasteiger partial charge in [0.2, 0.25) is 0 Å². The second kappa shape index (κ2) is 9.41. The van der Waals surface area contributed by atoms with Crippen molar-refractivity contribution in [3.8, 4) is 0 Å². The standard InChI is InChI=1S/C16H25F3O3Si/c1-3-21-23(20,22-4-2)12-7-5-6-9-14-10-8-11-15(13-14)16(17,18)19/h8,10-11,13,20H,3-7,9,12H2,1-2H3. The van der Waals surface area contributed by atoms with Crippen LogP contribution in [0.3, 0.4) is 0 Å². The lowest BCUT2D eigenvalue weighted by molar-refractivity contribution is -0.137. The van der Waals surface area contributed by atoms with E-state index < -0.39 is 20.5 Å². The molecule has 0 aliphatic carbocycles. The summed E-state index contributed by atoms with van der Waals surface area (Å²) in [6.45, 7) is 4.44. The highest BCUT2D eigenvalue weighted by molar-refractivity contribution is 6.59. The number of hydrogen-bond acceptors (Lipinski definition) is 3. The van der Waals surface area contributed by atoms with Gasteiger partial charge in [0.05, 0.1) is 5.56 Å². The number of rotatable bonds is 10. The Bertz CT molecular complexity index is 460. The number of unbranched alkanes of at least 4 members (excludes halogenated alkanes) is 2. The first-order chi connectivity index (χ1) is 10.8. The maximum absolute atomic E-state index is 12.6. The number of benzene rings is 1. The first-order valence-electron chi connectivity index (χ1n) is 7.97. The maximum atomic E-state index is 12.6. The quantitative estimate of drug-likeness (QED) is 0.501. The average Bonchev–Trinajstić information content (AvgIpc) is 2.47. The second-order valence-corrected chi connectivity index (χ2v) is 7.84. The molecule has 0 fully saturated rings. The van der Waals surface area contributed by atoms with Crippen molar-refractivity contribution < 1.29 is 26.8 Å². The van der Waals surface area contributed by atoms with Crippen LogP contribution in [0.15, 0.2) is 24.3 Å². The SMILES string of the molecule is CCO[Si](O)(CCCCCc1cccc(C(F)(F)F)c1)OCC. The summed E-state index contributed by atoms with van der Waals surface area (Å²) in [5, 5.41) is 0. The summed E-state index contributed by atoms with van der Waals surface area (Å²) < 4.78 is 48.6. The molecule has 0 bridgehead atoms. The normalized spacial score (nSPS) is 12.6. The van der Waals surface area contributed by atoms with Gasteiger partial charge in [-0.2, -0.15) is 13.2 Å². The van der Waals surface area contributed by atoms with Crippen molar-refractivity contribution in [1.82, 2.24) is 0 Å². The van der Waals surface area contributed by atoms with E-state index in [9.17, 15) is 18.0 Å².